The van der Waals surface area contributed by atoms with Gasteiger partial charge in [-0.05, 0) is 48.5 Å². The van der Waals surface area contributed by atoms with Gasteiger partial charge in [0.25, 0.3) is 0 Å². The number of amides is 1. The van der Waals surface area contributed by atoms with Gasteiger partial charge in [0.2, 0.25) is 10.0 Å². The summed E-state index contributed by atoms with van der Waals surface area (Å²) in [7, 11) is -1.00. The Morgan fingerprint density at radius 2 is 1.82 bits per heavy atom. The van der Waals surface area contributed by atoms with E-state index in [2.05, 4.69) is 10.6 Å². The second-order valence-corrected chi connectivity index (χ2v) is 10.6. The lowest BCUT2D eigenvalue weighted by Gasteiger charge is -2.23. The molecule has 206 valence electrons. The van der Waals surface area contributed by atoms with Gasteiger partial charge < -0.3 is 29.6 Å². The SMILES string of the molecule is CNC(=O)Oc1c(-c2ccc(Nc3ccc(F)c(Cl)c3)cc2)oc2cc(N(CCO)S(C)(=O)=O)c(OC)cc12. The topological polar surface area (TPSA) is 130 Å². The lowest BCUT2D eigenvalue weighted by atomic mass is 10.1. The van der Waals surface area contributed by atoms with Gasteiger partial charge in [-0.25, -0.2) is 17.6 Å². The number of carbonyl (C=O) groups excluding carboxylic acids is 1. The van der Waals surface area contributed by atoms with Gasteiger partial charge >= 0.3 is 6.09 Å². The predicted octanol–water partition coefficient (Wildman–Crippen LogP) is 5.12. The van der Waals surface area contributed by atoms with Crippen molar-refractivity contribution in [3.05, 3.63) is 65.4 Å². The van der Waals surface area contributed by atoms with E-state index in [0.29, 0.717) is 22.3 Å². The Morgan fingerprint density at radius 1 is 1.13 bits per heavy atom. The van der Waals surface area contributed by atoms with Gasteiger partial charge in [-0.3, -0.25) is 4.31 Å². The average Bonchev–Trinajstić information content (AvgIpc) is 3.25. The minimum Gasteiger partial charge on any atom is -0.495 e. The molecular formula is C26H25ClFN3O7S. The number of rotatable bonds is 9. The number of hydrogen-bond donors (Lipinski definition) is 3. The third-order valence-electron chi connectivity index (χ3n) is 5.67. The molecule has 0 aliphatic carbocycles. The maximum absolute atomic E-state index is 13.5. The maximum atomic E-state index is 13.5. The minimum atomic E-state index is -3.78. The van der Waals surface area contributed by atoms with Crippen LogP contribution >= 0.6 is 11.6 Å². The third kappa shape index (κ3) is 6.03. The largest absolute Gasteiger partial charge is 0.495 e. The molecule has 1 aromatic heterocycles. The molecule has 0 atom stereocenters. The fourth-order valence-electron chi connectivity index (χ4n) is 3.88. The van der Waals surface area contributed by atoms with E-state index in [1.165, 1.54) is 38.4 Å². The first kappa shape index (κ1) is 28.0. The Labute approximate surface area is 228 Å². The zero-order chi connectivity index (χ0) is 28.3. The van der Waals surface area contributed by atoms with Gasteiger partial charge in [0, 0.05) is 30.1 Å². The highest BCUT2D eigenvalue weighted by atomic mass is 35.5. The predicted molar refractivity (Wildman–Crippen MR) is 147 cm³/mol. The Hall–Kier alpha value is -4.00. The van der Waals surface area contributed by atoms with Crippen LogP contribution in [0.5, 0.6) is 11.5 Å². The van der Waals surface area contributed by atoms with Gasteiger partial charge in [-0.15, -0.1) is 0 Å². The first-order valence-electron chi connectivity index (χ1n) is 11.5. The number of fused-ring (bicyclic) bond motifs is 1. The maximum Gasteiger partial charge on any atom is 0.412 e. The molecule has 0 spiro atoms. The van der Waals surface area contributed by atoms with Crippen LogP contribution in [0.4, 0.5) is 26.2 Å². The number of carbonyl (C=O) groups is 1. The van der Waals surface area contributed by atoms with Gasteiger partial charge in [-0.1, -0.05) is 11.6 Å². The number of aliphatic hydroxyl groups is 1. The van der Waals surface area contributed by atoms with Crippen LogP contribution in [-0.2, 0) is 10.0 Å². The van der Waals surface area contributed by atoms with Crippen LogP contribution in [0.15, 0.2) is 59.0 Å². The zero-order valence-electron chi connectivity index (χ0n) is 21.1. The second-order valence-electron chi connectivity index (χ2n) is 8.31. The summed E-state index contributed by atoms with van der Waals surface area (Å²) in [6.45, 7) is -0.628. The summed E-state index contributed by atoms with van der Waals surface area (Å²) in [5, 5.41) is 15.3. The van der Waals surface area contributed by atoms with Crippen molar-refractivity contribution >= 4 is 55.7 Å². The molecule has 4 aromatic rings. The van der Waals surface area contributed by atoms with Crippen molar-refractivity contribution in [1.82, 2.24) is 5.32 Å². The molecule has 13 heteroatoms. The number of methoxy groups -OCH3 is 1. The molecule has 1 amide bonds. The van der Waals surface area contributed by atoms with E-state index in [0.717, 1.165) is 10.6 Å². The number of sulfonamides is 1. The molecule has 39 heavy (non-hydrogen) atoms. The fourth-order valence-corrected chi connectivity index (χ4v) is 4.98. The second kappa shape index (κ2) is 11.4. The molecule has 10 nitrogen and oxygen atoms in total. The number of aliphatic hydroxyl groups excluding tert-OH is 1. The third-order valence-corrected chi connectivity index (χ3v) is 7.14. The summed E-state index contributed by atoms with van der Waals surface area (Å²) in [4.78, 5) is 12.2. The Bertz CT molecular complexity index is 1630. The molecule has 0 saturated heterocycles. The van der Waals surface area contributed by atoms with Crippen molar-refractivity contribution in [1.29, 1.82) is 0 Å². The van der Waals surface area contributed by atoms with E-state index in [-0.39, 0.29) is 40.1 Å². The summed E-state index contributed by atoms with van der Waals surface area (Å²) >= 11 is 5.86. The fraction of sp³-hybridized carbons (Fsp3) is 0.192. The Kier molecular flexibility index (Phi) is 8.19. The first-order chi connectivity index (χ1) is 18.5. The monoisotopic (exact) mass is 577 g/mol. The summed E-state index contributed by atoms with van der Waals surface area (Å²) in [5.74, 6) is -0.0691. The van der Waals surface area contributed by atoms with Gasteiger partial charge in [-0.2, -0.15) is 0 Å². The van der Waals surface area contributed by atoms with Crippen molar-refractivity contribution in [3.8, 4) is 22.8 Å². The molecule has 3 aromatic carbocycles. The summed E-state index contributed by atoms with van der Waals surface area (Å²) in [6.07, 6.45) is 0.265. The van der Waals surface area contributed by atoms with Crippen LogP contribution in [0.3, 0.4) is 0 Å². The minimum absolute atomic E-state index is 0.0156. The van der Waals surface area contributed by atoms with Crippen molar-refractivity contribution in [2.75, 3.05) is 43.2 Å². The number of nitrogens with zero attached hydrogens (tertiary/aromatic N) is 1. The van der Waals surface area contributed by atoms with Crippen LogP contribution in [0.2, 0.25) is 5.02 Å². The van der Waals surface area contributed by atoms with Gasteiger partial charge in [0.1, 0.15) is 17.1 Å². The Balaban J connectivity index is 1.80. The van der Waals surface area contributed by atoms with Crippen molar-refractivity contribution in [3.63, 3.8) is 0 Å². The van der Waals surface area contributed by atoms with Crippen LogP contribution in [-0.4, -0.2) is 53.2 Å². The molecule has 3 N–H and O–H groups in total. The molecule has 0 aliphatic rings. The van der Waals surface area contributed by atoms with E-state index < -0.39 is 28.5 Å². The standard InChI is InChI=1S/C26H25ClFN3O7S/c1-29-26(33)38-25-18-13-23(36-2)21(31(10-11-32)39(3,34)35)14-22(18)37-24(25)15-4-6-16(7-5-15)30-17-8-9-20(28)19(27)12-17/h4-9,12-14,30,32H,10-11H2,1-3H3,(H,29,33). The number of benzene rings is 3. The van der Waals surface area contributed by atoms with Gasteiger partial charge in [0.05, 0.1) is 42.6 Å². The van der Waals surface area contributed by atoms with Crippen molar-refractivity contribution < 1.29 is 36.6 Å². The summed E-state index contributed by atoms with van der Waals surface area (Å²) < 4.78 is 56.4. The van der Waals surface area contributed by atoms with Crippen LogP contribution < -0.4 is 24.4 Å². The first-order valence-corrected chi connectivity index (χ1v) is 13.7. The van der Waals surface area contributed by atoms with Gasteiger partial charge in [0.15, 0.2) is 11.5 Å². The molecule has 0 aliphatic heterocycles. The number of nitrogens with one attached hydrogen (secondary N) is 2. The zero-order valence-corrected chi connectivity index (χ0v) is 22.7. The molecule has 0 fully saturated rings. The summed E-state index contributed by atoms with van der Waals surface area (Å²) in [6, 6.07) is 14.1. The molecule has 0 unspecified atom stereocenters. The van der Waals surface area contributed by atoms with Crippen LogP contribution in [0, 0.1) is 5.82 Å². The number of halogens is 2. The van der Waals surface area contributed by atoms with Crippen molar-refractivity contribution in [2.24, 2.45) is 0 Å². The number of anilines is 3. The van der Waals surface area contributed by atoms with E-state index in [1.54, 1.807) is 30.3 Å². The van der Waals surface area contributed by atoms with E-state index in [9.17, 15) is 22.7 Å². The van der Waals surface area contributed by atoms with E-state index >= 15 is 0 Å². The van der Waals surface area contributed by atoms with E-state index in [4.69, 9.17) is 25.5 Å². The highest BCUT2D eigenvalue weighted by Gasteiger charge is 2.26. The number of hydrogen-bond acceptors (Lipinski definition) is 8. The van der Waals surface area contributed by atoms with Crippen LogP contribution in [0.1, 0.15) is 0 Å². The molecule has 0 radical (unpaired) electrons. The van der Waals surface area contributed by atoms with E-state index in [1.807, 2.05) is 0 Å². The highest BCUT2D eigenvalue weighted by Crippen LogP contribution is 2.45. The molecule has 0 saturated carbocycles. The molecule has 0 bridgehead atoms. The molecule has 1 heterocycles. The Morgan fingerprint density at radius 3 is 2.41 bits per heavy atom. The number of furan rings is 1. The smallest absolute Gasteiger partial charge is 0.412 e. The molecule has 4 rings (SSSR count). The van der Waals surface area contributed by atoms with Crippen molar-refractivity contribution in [2.45, 2.75) is 0 Å². The molecular weight excluding hydrogens is 553 g/mol. The number of ether oxygens (including phenoxy) is 2. The lowest BCUT2D eigenvalue weighted by molar-refractivity contribution is 0.203. The average molecular weight is 578 g/mol. The highest BCUT2D eigenvalue weighted by molar-refractivity contribution is 7.92. The normalized spacial score (nSPS) is 11.3. The lowest BCUT2D eigenvalue weighted by Crippen LogP contribution is -2.32. The quantitative estimate of drug-likeness (QED) is 0.250. The summed E-state index contributed by atoms with van der Waals surface area (Å²) in [5.41, 5.74) is 2.16. The van der Waals surface area contributed by atoms with Crippen LogP contribution in [0.25, 0.3) is 22.3 Å².